The summed E-state index contributed by atoms with van der Waals surface area (Å²) in [4.78, 5) is 32.5. The third-order valence-electron chi connectivity index (χ3n) is 3.11. The van der Waals surface area contributed by atoms with Crippen LogP contribution in [-0.2, 0) is 9.47 Å². The molecule has 0 unspecified atom stereocenters. The molecule has 0 saturated carbocycles. The number of aryl methyl sites for hydroxylation is 2. The van der Waals surface area contributed by atoms with Crippen LogP contribution in [-0.4, -0.2) is 35.1 Å². The third kappa shape index (κ3) is 4.27. The summed E-state index contributed by atoms with van der Waals surface area (Å²) in [5, 5.41) is 2.88. The minimum absolute atomic E-state index is 0.0136. The molecule has 0 aliphatic carbocycles. The molecule has 9 heteroatoms. The average Bonchev–Trinajstić information content (AvgIpc) is 2.82. The number of furan rings is 1. The van der Waals surface area contributed by atoms with Gasteiger partial charge in [-0.15, -0.1) is 0 Å². The maximum Gasteiger partial charge on any atom is 0.344 e. The van der Waals surface area contributed by atoms with Gasteiger partial charge >= 0.3 is 11.9 Å². The van der Waals surface area contributed by atoms with E-state index < -0.39 is 11.9 Å². The minimum atomic E-state index is -0.707. The van der Waals surface area contributed by atoms with Gasteiger partial charge in [-0.3, -0.25) is 0 Å². The monoisotopic (exact) mass is 367 g/mol. The highest BCUT2D eigenvalue weighted by Crippen LogP contribution is 2.31. The van der Waals surface area contributed by atoms with Crippen LogP contribution in [0.2, 0.25) is 5.28 Å². The standard InChI is InChI=1S/C16H18ClN3O5/c1-5-23-14(21)11-9(4)25-13(12(11)15(22)24-6-2)19-10-7-8(3)18-16(17)20-10/h7H,5-6H2,1-4H3,(H,18,19,20). The Balaban J connectivity index is 2.51. The van der Waals surface area contributed by atoms with Gasteiger partial charge < -0.3 is 19.2 Å². The predicted molar refractivity (Wildman–Crippen MR) is 90.4 cm³/mol. The van der Waals surface area contributed by atoms with E-state index in [0.717, 1.165) is 0 Å². The van der Waals surface area contributed by atoms with Gasteiger partial charge in [0.05, 0.1) is 13.2 Å². The molecule has 1 N–H and O–H groups in total. The van der Waals surface area contributed by atoms with Crippen LogP contribution in [0.3, 0.4) is 0 Å². The third-order valence-corrected chi connectivity index (χ3v) is 3.28. The fourth-order valence-electron chi connectivity index (χ4n) is 2.19. The van der Waals surface area contributed by atoms with Gasteiger partial charge in [0.15, 0.2) is 0 Å². The molecule has 0 spiro atoms. The summed E-state index contributed by atoms with van der Waals surface area (Å²) in [6, 6.07) is 1.61. The zero-order valence-electron chi connectivity index (χ0n) is 14.3. The van der Waals surface area contributed by atoms with Crippen LogP contribution in [0, 0.1) is 13.8 Å². The molecule has 0 radical (unpaired) electrons. The maximum atomic E-state index is 12.3. The van der Waals surface area contributed by atoms with Crippen molar-refractivity contribution in [3.8, 4) is 0 Å². The van der Waals surface area contributed by atoms with Crippen LogP contribution in [0.5, 0.6) is 0 Å². The van der Waals surface area contributed by atoms with Gasteiger partial charge in [-0.05, 0) is 39.3 Å². The molecule has 8 nitrogen and oxygen atoms in total. The van der Waals surface area contributed by atoms with Crippen molar-refractivity contribution in [3.05, 3.63) is 33.9 Å². The van der Waals surface area contributed by atoms with E-state index >= 15 is 0 Å². The number of halogens is 1. The highest BCUT2D eigenvalue weighted by Gasteiger charge is 2.30. The number of carbonyl (C=O) groups excluding carboxylic acids is 2. The van der Waals surface area contributed by atoms with Crippen molar-refractivity contribution in [2.75, 3.05) is 18.5 Å². The molecule has 0 aromatic carbocycles. The lowest BCUT2D eigenvalue weighted by Gasteiger charge is -2.07. The van der Waals surface area contributed by atoms with Crippen molar-refractivity contribution in [2.24, 2.45) is 0 Å². The molecule has 0 bridgehead atoms. The van der Waals surface area contributed by atoms with E-state index in [-0.39, 0.29) is 41.3 Å². The molecule has 0 atom stereocenters. The van der Waals surface area contributed by atoms with Crippen molar-refractivity contribution >= 4 is 35.2 Å². The number of rotatable bonds is 6. The number of nitrogens with one attached hydrogen (secondary N) is 1. The molecular formula is C16H18ClN3O5. The number of aromatic nitrogens is 2. The second-order valence-electron chi connectivity index (χ2n) is 4.97. The Morgan fingerprint density at radius 2 is 1.72 bits per heavy atom. The van der Waals surface area contributed by atoms with Crippen LogP contribution in [0.4, 0.5) is 11.7 Å². The fraction of sp³-hybridized carbons (Fsp3) is 0.375. The lowest BCUT2D eigenvalue weighted by molar-refractivity contribution is 0.0480. The van der Waals surface area contributed by atoms with Crippen LogP contribution < -0.4 is 5.32 Å². The average molecular weight is 368 g/mol. The lowest BCUT2D eigenvalue weighted by atomic mass is 10.1. The number of nitrogens with zero attached hydrogens (tertiary/aromatic N) is 2. The van der Waals surface area contributed by atoms with Gasteiger partial charge in [-0.1, -0.05) is 0 Å². The van der Waals surface area contributed by atoms with Crippen molar-refractivity contribution in [1.29, 1.82) is 0 Å². The molecule has 0 saturated heterocycles. The second-order valence-corrected chi connectivity index (χ2v) is 5.30. The van der Waals surface area contributed by atoms with E-state index in [9.17, 15) is 9.59 Å². The number of hydrogen-bond acceptors (Lipinski definition) is 8. The van der Waals surface area contributed by atoms with E-state index in [4.69, 9.17) is 25.5 Å². The summed E-state index contributed by atoms with van der Waals surface area (Å²) in [6.07, 6.45) is 0. The lowest BCUT2D eigenvalue weighted by Crippen LogP contribution is -2.14. The molecule has 134 valence electrons. The van der Waals surface area contributed by atoms with Gasteiger partial charge in [0.2, 0.25) is 11.2 Å². The van der Waals surface area contributed by atoms with Crippen LogP contribution in [0.1, 0.15) is 46.0 Å². The van der Waals surface area contributed by atoms with Gasteiger partial charge in [0, 0.05) is 11.8 Å². The summed E-state index contributed by atoms with van der Waals surface area (Å²) < 4.78 is 15.6. The van der Waals surface area contributed by atoms with E-state index in [0.29, 0.717) is 11.5 Å². The Morgan fingerprint density at radius 1 is 1.12 bits per heavy atom. The SMILES string of the molecule is CCOC(=O)c1c(C)oc(Nc2cc(C)nc(Cl)n2)c1C(=O)OCC. The summed E-state index contributed by atoms with van der Waals surface area (Å²) in [5.74, 6) is -0.820. The summed E-state index contributed by atoms with van der Waals surface area (Å²) >= 11 is 5.84. The van der Waals surface area contributed by atoms with E-state index in [1.165, 1.54) is 0 Å². The molecule has 2 rings (SSSR count). The van der Waals surface area contributed by atoms with Crippen LogP contribution >= 0.6 is 11.6 Å². The topological polar surface area (TPSA) is 104 Å². The smallest absolute Gasteiger partial charge is 0.344 e. The highest BCUT2D eigenvalue weighted by molar-refractivity contribution is 6.28. The summed E-state index contributed by atoms with van der Waals surface area (Å²) in [5.41, 5.74) is 0.582. The van der Waals surface area contributed by atoms with Crippen LogP contribution in [0.25, 0.3) is 0 Å². The Labute approximate surface area is 149 Å². The predicted octanol–water partition coefficient (Wildman–Crippen LogP) is 3.44. The van der Waals surface area contributed by atoms with Gasteiger partial charge in [-0.2, -0.15) is 0 Å². The first kappa shape index (κ1) is 18.7. The number of hydrogen-bond donors (Lipinski definition) is 1. The van der Waals surface area contributed by atoms with E-state index in [2.05, 4.69) is 15.3 Å². The minimum Gasteiger partial charge on any atom is -0.462 e. The van der Waals surface area contributed by atoms with Gasteiger partial charge in [-0.25, -0.2) is 19.6 Å². The molecule has 0 aliphatic rings. The Bertz CT molecular complexity index is 783. The van der Waals surface area contributed by atoms with Crippen LogP contribution in [0.15, 0.2) is 10.5 Å². The van der Waals surface area contributed by atoms with Gasteiger partial charge in [0.1, 0.15) is 22.7 Å². The first-order chi connectivity index (χ1) is 11.9. The molecule has 0 fully saturated rings. The first-order valence-electron chi connectivity index (χ1n) is 7.63. The quantitative estimate of drug-likeness (QED) is 0.611. The molecular weight excluding hydrogens is 350 g/mol. The normalized spacial score (nSPS) is 10.4. The number of esters is 2. The molecule has 0 aliphatic heterocycles. The van der Waals surface area contributed by atoms with Crippen molar-refractivity contribution < 1.29 is 23.5 Å². The number of anilines is 2. The highest BCUT2D eigenvalue weighted by atomic mass is 35.5. The van der Waals surface area contributed by atoms with E-state index in [1.54, 1.807) is 33.8 Å². The molecule has 25 heavy (non-hydrogen) atoms. The molecule has 0 amide bonds. The zero-order valence-corrected chi connectivity index (χ0v) is 15.1. The van der Waals surface area contributed by atoms with Gasteiger partial charge in [0.25, 0.3) is 0 Å². The molecule has 2 aromatic heterocycles. The van der Waals surface area contributed by atoms with E-state index in [1.807, 2.05) is 0 Å². The molecule has 2 heterocycles. The van der Waals surface area contributed by atoms with Crippen molar-refractivity contribution in [2.45, 2.75) is 27.7 Å². The summed E-state index contributed by atoms with van der Waals surface area (Å²) in [6.45, 7) is 6.93. The number of carbonyl (C=O) groups is 2. The van der Waals surface area contributed by atoms with Crippen molar-refractivity contribution in [3.63, 3.8) is 0 Å². The Kier molecular flexibility index (Phi) is 5.97. The Hall–Kier alpha value is -2.61. The maximum absolute atomic E-state index is 12.3. The summed E-state index contributed by atoms with van der Waals surface area (Å²) in [7, 11) is 0. The number of ether oxygens (including phenoxy) is 2. The fourth-order valence-corrected chi connectivity index (χ4v) is 2.42. The first-order valence-corrected chi connectivity index (χ1v) is 8.01. The Morgan fingerprint density at radius 3 is 2.28 bits per heavy atom. The second kappa shape index (κ2) is 7.98. The van der Waals surface area contributed by atoms with Crippen molar-refractivity contribution in [1.82, 2.24) is 9.97 Å². The molecule has 2 aromatic rings. The largest absolute Gasteiger partial charge is 0.462 e. The zero-order chi connectivity index (χ0) is 18.6.